The second-order valence-electron chi connectivity index (χ2n) is 8.07. The van der Waals surface area contributed by atoms with Gasteiger partial charge in [-0.1, -0.05) is 55.8 Å². The van der Waals surface area contributed by atoms with Crippen LogP contribution in [0.15, 0.2) is 83.8 Å². The van der Waals surface area contributed by atoms with E-state index in [-0.39, 0.29) is 29.7 Å². The van der Waals surface area contributed by atoms with Crippen LogP contribution in [0.5, 0.6) is 0 Å². The van der Waals surface area contributed by atoms with E-state index < -0.39 is 10.0 Å². The van der Waals surface area contributed by atoms with E-state index in [1.807, 2.05) is 37.3 Å². The zero-order valence-corrected chi connectivity index (χ0v) is 20.5. The van der Waals surface area contributed by atoms with Crippen molar-refractivity contribution in [1.82, 2.24) is 4.72 Å². The van der Waals surface area contributed by atoms with E-state index in [0.717, 1.165) is 24.0 Å². The van der Waals surface area contributed by atoms with Crippen LogP contribution in [-0.4, -0.2) is 26.9 Å². The lowest BCUT2D eigenvalue weighted by atomic mass is 10.1. The Hall–Kier alpha value is -3.49. The van der Waals surface area contributed by atoms with Gasteiger partial charge in [-0.25, -0.2) is 17.9 Å². The molecule has 1 amide bonds. The van der Waals surface area contributed by atoms with Crippen LogP contribution in [0.25, 0.3) is 0 Å². The lowest BCUT2D eigenvalue weighted by Crippen LogP contribution is -2.23. The van der Waals surface area contributed by atoms with Gasteiger partial charge in [0.25, 0.3) is 0 Å². The molecular formula is C27H30N2O5S. The first-order valence-corrected chi connectivity index (χ1v) is 13.1. The number of carbonyl (C=O) groups excluding carboxylic acids is 2. The molecule has 3 aromatic carbocycles. The van der Waals surface area contributed by atoms with E-state index in [2.05, 4.69) is 10.0 Å². The number of sulfonamides is 1. The fourth-order valence-electron chi connectivity index (χ4n) is 3.26. The molecule has 2 N–H and O–H groups in total. The Labute approximate surface area is 206 Å². The highest BCUT2D eigenvalue weighted by Gasteiger charge is 2.14. The monoisotopic (exact) mass is 494 g/mol. The Kier molecular flexibility index (Phi) is 9.57. The van der Waals surface area contributed by atoms with E-state index >= 15 is 0 Å². The summed E-state index contributed by atoms with van der Waals surface area (Å²) in [5.41, 5.74) is 2.76. The maximum absolute atomic E-state index is 12.5. The van der Waals surface area contributed by atoms with Gasteiger partial charge in [0.05, 0.1) is 17.1 Å². The molecule has 35 heavy (non-hydrogen) atoms. The van der Waals surface area contributed by atoms with Crippen molar-refractivity contribution >= 4 is 27.6 Å². The summed E-state index contributed by atoms with van der Waals surface area (Å²) in [6, 6.07) is 22.4. The molecule has 0 aromatic heterocycles. The van der Waals surface area contributed by atoms with Crippen LogP contribution in [-0.2, 0) is 32.5 Å². The largest absolute Gasteiger partial charge is 0.462 e. The standard InChI is InChI=1S/C27H30N2O5S/c1-2-3-19-34-27(31)23-12-14-24(15-13-23)29-26(30)18-11-21-9-16-25(17-10-21)35(32,33)28-20-22-7-5-4-6-8-22/h4-10,12-17,28H,2-3,11,18-20H2,1H3,(H,29,30). The molecule has 0 aliphatic heterocycles. The molecule has 0 fully saturated rings. The van der Waals surface area contributed by atoms with Crippen LogP contribution < -0.4 is 10.0 Å². The number of unbranched alkanes of at least 4 members (excludes halogenated alkanes) is 1. The number of rotatable bonds is 12. The number of amides is 1. The fraction of sp³-hybridized carbons (Fsp3) is 0.259. The van der Waals surface area contributed by atoms with Crippen LogP contribution in [0, 0.1) is 0 Å². The number of hydrogen-bond acceptors (Lipinski definition) is 5. The van der Waals surface area contributed by atoms with E-state index in [1.54, 1.807) is 48.5 Å². The predicted octanol–water partition coefficient (Wildman–Crippen LogP) is 4.69. The fourth-order valence-corrected chi connectivity index (χ4v) is 4.27. The van der Waals surface area contributed by atoms with Crippen LogP contribution in [0.3, 0.4) is 0 Å². The number of benzene rings is 3. The Balaban J connectivity index is 1.46. The van der Waals surface area contributed by atoms with Crippen molar-refractivity contribution in [2.75, 3.05) is 11.9 Å². The minimum Gasteiger partial charge on any atom is -0.462 e. The molecule has 184 valence electrons. The number of carbonyl (C=O) groups is 2. The van der Waals surface area contributed by atoms with Crippen molar-refractivity contribution in [3.63, 3.8) is 0 Å². The summed E-state index contributed by atoms with van der Waals surface area (Å²) < 4.78 is 32.8. The number of aryl methyl sites for hydroxylation is 1. The summed E-state index contributed by atoms with van der Waals surface area (Å²) in [4.78, 5) is 24.4. The Bertz CT molecular complexity index is 1210. The summed E-state index contributed by atoms with van der Waals surface area (Å²) in [5.74, 6) is -0.554. The average Bonchev–Trinajstić information content (AvgIpc) is 2.88. The zero-order valence-electron chi connectivity index (χ0n) is 19.7. The minimum absolute atomic E-state index is 0.176. The van der Waals surface area contributed by atoms with Crippen molar-refractivity contribution in [1.29, 1.82) is 0 Å². The summed E-state index contributed by atoms with van der Waals surface area (Å²) in [7, 11) is -3.63. The van der Waals surface area contributed by atoms with Gasteiger partial charge >= 0.3 is 5.97 Å². The van der Waals surface area contributed by atoms with E-state index in [0.29, 0.717) is 24.3 Å². The van der Waals surface area contributed by atoms with Gasteiger partial charge < -0.3 is 10.1 Å². The molecule has 7 nitrogen and oxygen atoms in total. The van der Waals surface area contributed by atoms with Crippen molar-refractivity contribution in [3.05, 3.63) is 95.6 Å². The summed E-state index contributed by atoms with van der Waals surface area (Å²) in [6.45, 7) is 2.63. The maximum atomic E-state index is 12.5. The molecule has 0 aliphatic rings. The highest BCUT2D eigenvalue weighted by atomic mass is 32.2. The molecule has 0 atom stereocenters. The molecule has 3 rings (SSSR count). The van der Waals surface area contributed by atoms with E-state index in [9.17, 15) is 18.0 Å². The topological polar surface area (TPSA) is 102 Å². The van der Waals surface area contributed by atoms with Crippen LogP contribution in [0.2, 0.25) is 0 Å². The van der Waals surface area contributed by atoms with Gasteiger partial charge in [-0.3, -0.25) is 4.79 Å². The molecule has 0 saturated heterocycles. The number of ether oxygens (including phenoxy) is 1. The molecule has 0 aliphatic carbocycles. The second-order valence-corrected chi connectivity index (χ2v) is 9.84. The van der Waals surface area contributed by atoms with Gasteiger partial charge in [0, 0.05) is 18.7 Å². The van der Waals surface area contributed by atoms with Crippen LogP contribution >= 0.6 is 0 Å². The zero-order chi connectivity index (χ0) is 25.1. The predicted molar refractivity (Wildman–Crippen MR) is 135 cm³/mol. The van der Waals surface area contributed by atoms with Crippen molar-refractivity contribution in [2.45, 2.75) is 44.0 Å². The Morgan fingerprint density at radius 2 is 1.54 bits per heavy atom. The highest BCUT2D eigenvalue weighted by molar-refractivity contribution is 7.89. The minimum atomic E-state index is -3.63. The molecule has 0 saturated carbocycles. The molecule has 0 spiro atoms. The molecule has 8 heteroatoms. The van der Waals surface area contributed by atoms with Gasteiger partial charge in [0.1, 0.15) is 0 Å². The summed E-state index contributed by atoms with van der Waals surface area (Å²) in [6.07, 6.45) is 2.47. The molecule has 0 radical (unpaired) electrons. The SMILES string of the molecule is CCCCOC(=O)c1ccc(NC(=O)CCc2ccc(S(=O)(=O)NCc3ccccc3)cc2)cc1. The van der Waals surface area contributed by atoms with Gasteiger partial charge in [0.15, 0.2) is 0 Å². The first kappa shape index (κ1) is 26.1. The highest BCUT2D eigenvalue weighted by Crippen LogP contribution is 2.15. The average molecular weight is 495 g/mol. The Morgan fingerprint density at radius 1 is 0.857 bits per heavy atom. The normalized spacial score (nSPS) is 11.1. The van der Waals surface area contributed by atoms with Gasteiger partial charge in [-0.15, -0.1) is 0 Å². The van der Waals surface area contributed by atoms with Crippen molar-refractivity contribution in [3.8, 4) is 0 Å². The first-order valence-electron chi connectivity index (χ1n) is 11.6. The van der Waals surface area contributed by atoms with Gasteiger partial charge in [-0.2, -0.15) is 0 Å². The van der Waals surface area contributed by atoms with E-state index in [4.69, 9.17) is 4.74 Å². The third-order valence-electron chi connectivity index (χ3n) is 5.32. The van der Waals surface area contributed by atoms with Gasteiger partial charge in [0.2, 0.25) is 15.9 Å². The lowest BCUT2D eigenvalue weighted by molar-refractivity contribution is -0.116. The lowest BCUT2D eigenvalue weighted by Gasteiger charge is -2.09. The maximum Gasteiger partial charge on any atom is 0.338 e. The third-order valence-corrected chi connectivity index (χ3v) is 6.74. The number of esters is 1. The molecule has 0 heterocycles. The molecular weight excluding hydrogens is 464 g/mol. The van der Waals surface area contributed by atoms with E-state index in [1.165, 1.54) is 0 Å². The van der Waals surface area contributed by atoms with Crippen LogP contribution in [0.1, 0.15) is 47.7 Å². The summed E-state index contributed by atoms with van der Waals surface area (Å²) >= 11 is 0. The van der Waals surface area contributed by atoms with Gasteiger partial charge in [-0.05, 0) is 60.4 Å². The molecule has 0 bridgehead atoms. The first-order chi connectivity index (χ1) is 16.9. The summed E-state index contributed by atoms with van der Waals surface area (Å²) in [5, 5.41) is 2.80. The Morgan fingerprint density at radius 3 is 2.20 bits per heavy atom. The number of anilines is 1. The number of nitrogens with one attached hydrogen (secondary N) is 2. The van der Waals surface area contributed by atoms with Crippen LogP contribution in [0.4, 0.5) is 5.69 Å². The number of hydrogen-bond donors (Lipinski definition) is 2. The van der Waals surface area contributed by atoms with Crippen molar-refractivity contribution < 1.29 is 22.7 Å². The van der Waals surface area contributed by atoms with Crippen molar-refractivity contribution in [2.24, 2.45) is 0 Å². The molecule has 0 unspecified atom stereocenters. The molecule has 3 aromatic rings. The second kappa shape index (κ2) is 12.8. The third kappa shape index (κ3) is 8.35. The quantitative estimate of drug-likeness (QED) is 0.281. The smallest absolute Gasteiger partial charge is 0.338 e.